The van der Waals surface area contributed by atoms with Gasteiger partial charge in [0.05, 0.1) is 25.1 Å². The highest BCUT2D eigenvalue weighted by Crippen LogP contribution is 2.30. The minimum atomic E-state index is -0.417. The number of rotatable bonds is 7. The van der Waals surface area contributed by atoms with Gasteiger partial charge in [0, 0.05) is 6.54 Å². The molecule has 3 aromatic rings. The Morgan fingerprint density at radius 2 is 1.90 bits per heavy atom. The number of fused-ring (bicyclic) bond motifs is 1. The summed E-state index contributed by atoms with van der Waals surface area (Å²) in [6, 6.07) is 4.10. The molecule has 1 N–H and O–H groups in total. The Morgan fingerprint density at radius 3 is 2.48 bits per heavy atom. The normalized spacial score (nSPS) is 12.4. The van der Waals surface area contributed by atoms with E-state index in [9.17, 15) is 9.59 Å². The number of aryl methyl sites for hydroxylation is 3. The van der Waals surface area contributed by atoms with Crippen molar-refractivity contribution in [3.8, 4) is 5.75 Å². The zero-order valence-corrected chi connectivity index (χ0v) is 19.9. The minimum Gasteiger partial charge on any atom is -0.496 e. The van der Waals surface area contributed by atoms with Gasteiger partial charge in [-0.3, -0.25) is 9.69 Å². The van der Waals surface area contributed by atoms with E-state index in [1.54, 1.807) is 21.0 Å². The lowest BCUT2D eigenvalue weighted by atomic mass is 10.0. The van der Waals surface area contributed by atoms with Gasteiger partial charge in [-0.05, 0) is 63.9 Å². The van der Waals surface area contributed by atoms with E-state index in [1.807, 2.05) is 27.8 Å². The second kappa shape index (κ2) is 9.20. The van der Waals surface area contributed by atoms with Crippen molar-refractivity contribution in [2.24, 2.45) is 0 Å². The molecule has 0 saturated carbocycles. The maximum absolute atomic E-state index is 12.8. The van der Waals surface area contributed by atoms with E-state index in [0.717, 1.165) is 22.4 Å². The van der Waals surface area contributed by atoms with Crippen molar-refractivity contribution in [1.29, 1.82) is 0 Å². The van der Waals surface area contributed by atoms with Gasteiger partial charge in [0.1, 0.15) is 21.3 Å². The number of hydrogen-bond acceptors (Lipinski definition) is 7. The van der Waals surface area contributed by atoms with Crippen LogP contribution in [0.5, 0.6) is 5.75 Å². The van der Waals surface area contributed by atoms with Gasteiger partial charge in [0.2, 0.25) is 0 Å². The predicted molar refractivity (Wildman–Crippen MR) is 123 cm³/mol. The number of esters is 1. The van der Waals surface area contributed by atoms with Crippen molar-refractivity contribution >= 4 is 27.5 Å². The molecule has 0 aliphatic heterocycles. The fourth-order valence-electron chi connectivity index (χ4n) is 3.84. The van der Waals surface area contributed by atoms with Crippen molar-refractivity contribution in [3.63, 3.8) is 0 Å². The summed E-state index contributed by atoms with van der Waals surface area (Å²) in [7, 11) is 3.68. The Kier molecular flexibility index (Phi) is 6.81. The Balaban J connectivity index is 1.90. The van der Waals surface area contributed by atoms with Gasteiger partial charge in [-0.1, -0.05) is 12.1 Å². The summed E-state index contributed by atoms with van der Waals surface area (Å²) >= 11 is 1.20. The number of methoxy groups -OCH3 is 1. The number of benzene rings is 1. The molecule has 1 atom stereocenters. The predicted octanol–water partition coefficient (Wildman–Crippen LogP) is 4.29. The third-order valence-electron chi connectivity index (χ3n) is 5.49. The maximum Gasteiger partial charge on any atom is 0.348 e. The van der Waals surface area contributed by atoms with Crippen LogP contribution in [-0.4, -0.2) is 41.6 Å². The summed E-state index contributed by atoms with van der Waals surface area (Å²) in [5, 5.41) is 0.452. The molecule has 0 saturated heterocycles. The van der Waals surface area contributed by atoms with E-state index in [-0.39, 0.29) is 18.2 Å². The van der Waals surface area contributed by atoms with Crippen molar-refractivity contribution in [3.05, 3.63) is 55.4 Å². The molecule has 1 unspecified atom stereocenters. The largest absolute Gasteiger partial charge is 0.496 e. The molecule has 31 heavy (non-hydrogen) atoms. The topological polar surface area (TPSA) is 84.5 Å². The van der Waals surface area contributed by atoms with Crippen molar-refractivity contribution in [2.45, 2.75) is 47.2 Å². The number of aromatic amines is 1. The van der Waals surface area contributed by atoms with E-state index in [1.165, 1.54) is 11.3 Å². The molecule has 8 heteroatoms. The third-order valence-corrected chi connectivity index (χ3v) is 6.66. The van der Waals surface area contributed by atoms with Crippen LogP contribution in [0.2, 0.25) is 0 Å². The van der Waals surface area contributed by atoms with Gasteiger partial charge in [0.25, 0.3) is 5.56 Å². The minimum absolute atomic E-state index is 0.131. The number of thiophene rings is 1. The number of nitrogens with one attached hydrogen (secondary N) is 1. The highest BCUT2D eigenvalue weighted by Gasteiger charge is 2.22. The van der Waals surface area contributed by atoms with Gasteiger partial charge < -0.3 is 14.5 Å². The van der Waals surface area contributed by atoms with Crippen LogP contribution >= 0.6 is 11.3 Å². The van der Waals surface area contributed by atoms with Crippen LogP contribution in [0.3, 0.4) is 0 Å². The number of nitrogens with zero attached hydrogens (tertiary/aromatic N) is 2. The Bertz CT molecular complexity index is 1160. The molecule has 7 nitrogen and oxygen atoms in total. The first-order chi connectivity index (χ1) is 14.7. The molecular formula is C23H29N3O4S. The maximum atomic E-state index is 12.8. The van der Waals surface area contributed by atoms with Crippen LogP contribution in [-0.2, 0) is 11.3 Å². The summed E-state index contributed by atoms with van der Waals surface area (Å²) < 4.78 is 10.6. The van der Waals surface area contributed by atoms with Crippen molar-refractivity contribution in [2.75, 3.05) is 20.8 Å². The molecular weight excluding hydrogens is 414 g/mol. The van der Waals surface area contributed by atoms with Crippen LogP contribution in [0.15, 0.2) is 16.9 Å². The zero-order chi connectivity index (χ0) is 22.9. The molecule has 1 aromatic carbocycles. The molecule has 0 amide bonds. The van der Waals surface area contributed by atoms with Crippen LogP contribution in [0.1, 0.15) is 57.6 Å². The summed E-state index contributed by atoms with van der Waals surface area (Å²) in [6.07, 6.45) is 0. The lowest BCUT2D eigenvalue weighted by molar-refractivity contribution is 0.0531. The molecule has 3 rings (SSSR count). The molecule has 0 fully saturated rings. The monoisotopic (exact) mass is 443 g/mol. The Morgan fingerprint density at radius 1 is 1.26 bits per heavy atom. The average molecular weight is 444 g/mol. The van der Waals surface area contributed by atoms with Gasteiger partial charge in [0.15, 0.2) is 0 Å². The zero-order valence-electron chi connectivity index (χ0n) is 19.1. The van der Waals surface area contributed by atoms with Gasteiger partial charge in [-0.2, -0.15) is 0 Å². The molecule has 0 aliphatic carbocycles. The smallest absolute Gasteiger partial charge is 0.348 e. The average Bonchev–Trinajstić information content (AvgIpc) is 3.04. The lowest BCUT2D eigenvalue weighted by Crippen LogP contribution is -2.26. The molecule has 0 radical (unpaired) electrons. The second-order valence-electron chi connectivity index (χ2n) is 7.76. The number of H-pyrrole nitrogens is 1. The fraction of sp³-hybridized carbons (Fsp3) is 0.435. The number of hydrogen-bond donors (Lipinski definition) is 1. The Hall–Kier alpha value is -2.71. The first kappa shape index (κ1) is 23.0. The highest BCUT2D eigenvalue weighted by atomic mass is 32.1. The van der Waals surface area contributed by atoms with Crippen molar-refractivity contribution < 1.29 is 14.3 Å². The van der Waals surface area contributed by atoms with Gasteiger partial charge in [-0.15, -0.1) is 11.3 Å². The molecule has 0 bridgehead atoms. The second-order valence-corrected chi connectivity index (χ2v) is 8.76. The highest BCUT2D eigenvalue weighted by molar-refractivity contribution is 7.20. The quantitative estimate of drug-likeness (QED) is 0.549. The van der Waals surface area contributed by atoms with E-state index in [0.29, 0.717) is 33.0 Å². The summed E-state index contributed by atoms with van der Waals surface area (Å²) in [5.41, 5.74) is 3.72. The summed E-state index contributed by atoms with van der Waals surface area (Å²) in [4.78, 5) is 35.7. The third kappa shape index (κ3) is 4.50. The first-order valence-electron chi connectivity index (χ1n) is 10.2. The fourth-order valence-corrected chi connectivity index (χ4v) is 4.92. The summed E-state index contributed by atoms with van der Waals surface area (Å²) in [6.45, 7) is 10.6. The van der Waals surface area contributed by atoms with Gasteiger partial charge in [-0.25, -0.2) is 9.78 Å². The van der Waals surface area contributed by atoms with Crippen LogP contribution in [0.25, 0.3) is 10.2 Å². The van der Waals surface area contributed by atoms with E-state index in [4.69, 9.17) is 9.47 Å². The van der Waals surface area contributed by atoms with Crippen LogP contribution < -0.4 is 10.3 Å². The molecule has 166 valence electrons. The van der Waals surface area contributed by atoms with Gasteiger partial charge >= 0.3 is 5.97 Å². The molecule has 0 spiro atoms. The van der Waals surface area contributed by atoms with Crippen LogP contribution in [0, 0.1) is 20.8 Å². The van der Waals surface area contributed by atoms with Crippen LogP contribution in [0.4, 0.5) is 0 Å². The number of aromatic nitrogens is 2. The lowest BCUT2D eigenvalue weighted by Gasteiger charge is -2.24. The number of carbonyl (C=O) groups excluding carboxylic acids is 1. The van der Waals surface area contributed by atoms with E-state index < -0.39 is 5.97 Å². The van der Waals surface area contributed by atoms with Crippen molar-refractivity contribution in [1.82, 2.24) is 14.9 Å². The SMILES string of the molecule is CCOC(=O)c1sc2nc(C(C)N(C)Cc3cc(C)c(OC)c(C)c3)[nH]c(=O)c2c1C. The molecule has 2 heterocycles. The first-order valence-corrected chi connectivity index (χ1v) is 11.0. The van der Waals surface area contributed by atoms with E-state index in [2.05, 4.69) is 27.0 Å². The molecule has 2 aromatic heterocycles. The van der Waals surface area contributed by atoms with E-state index >= 15 is 0 Å². The number of ether oxygens (including phenoxy) is 2. The Labute approximate surface area is 186 Å². The standard InChI is InChI=1S/C23H29N3O4S/c1-8-30-23(28)19-14(4)17-21(27)24-20(25-22(17)31-19)15(5)26(6)11-16-9-12(2)18(29-7)13(3)10-16/h9-10,15H,8,11H2,1-7H3,(H,24,25,27). The molecule has 0 aliphatic rings. The summed E-state index contributed by atoms with van der Waals surface area (Å²) in [5.74, 6) is 1.05. The number of carbonyl (C=O) groups is 1.